The molecule has 0 aliphatic carbocycles. The largest absolute Gasteiger partial charge is 0.381 e. The summed E-state index contributed by atoms with van der Waals surface area (Å²) in [6.45, 7) is 8.31. The molecule has 0 spiro atoms. The molecule has 0 aromatic heterocycles. The van der Waals surface area contributed by atoms with E-state index in [9.17, 15) is 4.79 Å². The number of carbonyl (C=O) groups is 1. The van der Waals surface area contributed by atoms with Crippen LogP contribution in [0.1, 0.15) is 39.0 Å². The van der Waals surface area contributed by atoms with Gasteiger partial charge in [0, 0.05) is 26.3 Å². The number of nitrogens with two attached hydrogens (primary N) is 1. The summed E-state index contributed by atoms with van der Waals surface area (Å²) in [5, 5.41) is 3.09. The maximum absolute atomic E-state index is 12.4. The molecule has 0 radical (unpaired) electrons. The van der Waals surface area contributed by atoms with Crippen LogP contribution in [-0.2, 0) is 9.53 Å². The Labute approximate surface area is 152 Å². The molecule has 0 unspecified atom stereocenters. The molecule has 2 fully saturated rings. The topological polar surface area (TPSA) is 67.6 Å². The van der Waals surface area contributed by atoms with Gasteiger partial charge in [0.25, 0.3) is 0 Å². The Hall–Kier alpha value is -0.0700. The SMILES string of the molecule is CC1CCN(CCCNC(=O)C2(CN)CCOCC2)CC1.Cl.Cl. The van der Waals surface area contributed by atoms with Gasteiger partial charge in [-0.05, 0) is 57.7 Å². The van der Waals surface area contributed by atoms with Crippen LogP contribution in [0.4, 0.5) is 0 Å². The third-order valence-corrected chi connectivity index (χ3v) is 5.14. The Bertz CT molecular complexity index is 331. The monoisotopic (exact) mass is 369 g/mol. The molecular formula is C16H33Cl2N3O2. The third kappa shape index (κ3) is 6.75. The van der Waals surface area contributed by atoms with E-state index in [0.29, 0.717) is 19.8 Å². The summed E-state index contributed by atoms with van der Waals surface area (Å²) in [5.74, 6) is 0.999. The van der Waals surface area contributed by atoms with Crippen molar-refractivity contribution in [2.75, 3.05) is 45.9 Å². The van der Waals surface area contributed by atoms with Gasteiger partial charge >= 0.3 is 0 Å². The average Bonchev–Trinajstić information content (AvgIpc) is 2.53. The highest BCUT2D eigenvalue weighted by molar-refractivity contribution is 5.85. The lowest BCUT2D eigenvalue weighted by Gasteiger charge is -2.34. The molecule has 2 heterocycles. The minimum atomic E-state index is -0.390. The van der Waals surface area contributed by atoms with Crippen molar-refractivity contribution in [3.63, 3.8) is 0 Å². The first-order valence-corrected chi connectivity index (χ1v) is 8.45. The van der Waals surface area contributed by atoms with Gasteiger partial charge in [-0.3, -0.25) is 4.79 Å². The summed E-state index contributed by atoms with van der Waals surface area (Å²) >= 11 is 0. The summed E-state index contributed by atoms with van der Waals surface area (Å²) in [5.41, 5.74) is 5.46. The van der Waals surface area contributed by atoms with E-state index in [1.54, 1.807) is 0 Å². The summed E-state index contributed by atoms with van der Waals surface area (Å²) in [6, 6.07) is 0. The van der Waals surface area contributed by atoms with E-state index in [4.69, 9.17) is 10.5 Å². The molecule has 7 heteroatoms. The minimum Gasteiger partial charge on any atom is -0.381 e. The molecule has 2 aliphatic heterocycles. The Morgan fingerprint density at radius 1 is 1.26 bits per heavy atom. The molecule has 1 amide bonds. The predicted octanol–water partition coefficient (Wildman–Crippen LogP) is 1.82. The molecule has 2 saturated heterocycles. The second-order valence-electron chi connectivity index (χ2n) is 6.73. The Morgan fingerprint density at radius 3 is 2.43 bits per heavy atom. The van der Waals surface area contributed by atoms with Gasteiger partial charge in [-0.15, -0.1) is 24.8 Å². The van der Waals surface area contributed by atoms with E-state index in [1.165, 1.54) is 25.9 Å². The standard InChI is InChI=1S/C16H31N3O2.2ClH/c1-14-3-9-19(10-4-14)8-2-7-18-15(20)16(13-17)5-11-21-12-6-16;;/h14H,2-13,17H2,1H3,(H,18,20);2*1H. The third-order valence-electron chi connectivity index (χ3n) is 5.14. The zero-order valence-corrected chi connectivity index (χ0v) is 15.9. The second-order valence-corrected chi connectivity index (χ2v) is 6.73. The van der Waals surface area contributed by atoms with E-state index in [2.05, 4.69) is 17.1 Å². The Balaban J connectivity index is 0.00000242. The summed E-state index contributed by atoms with van der Waals surface area (Å²) in [4.78, 5) is 14.9. The van der Waals surface area contributed by atoms with Crippen LogP contribution in [0.5, 0.6) is 0 Å². The molecular weight excluding hydrogens is 337 g/mol. The molecule has 2 rings (SSSR count). The van der Waals surface area contributed by atoms with E-state index in [1.807, 2.05) is 0 Å². The fourth-order valence-electron chi connectivity index (χ4n) is 3.26. The van der Waals surface area contributed by atoms with E-state index >= 15 is 0 Å². The quantitative estimate of drug-likeness (QED) is 0.700. The fourth-order valence-corrected chi connectivity index (χ4v) is 3.26. The molecule has 0 atom stereocenters. The highest BCUT2D eigenvalue weighted by atomic mass is 35.5. The number of halogens is 2. The number of piperidine rings is 1. The van der Waals surface area contributed by atoms with Gasteiger partial charge in [0.05, 0.1) is 5.41 Å². The molecule has 5 nitrogen and oxygen atoms in total. The van der Waals surface area contributed by atoms with Crippen molar-refractivity contribution in [3.05, 3.63) is 0 Å². The smallest absolute Gasteiger partial charge is 0.227 e. The van der Waals surface area contributed by atoms with Crippen molar-refractivity contribution in [2.45, 2.75) is 39.0 Å². The number of nitrogens with one attached hydrogen (secondary N) is 1. The van der Waals surface area contributed by atoms with Gasteiger partial charge in [0.2, 0.25) is 5.91 Å². The maximum Gasteiger partial charge on any atom is 0.227 e. The van der Waals surface area contributed by atoms with Crippen LogP contribution < -0.4 is 11.1 Å². The van der Waals surface area contributed by atoms with Crippen molar-refractivity contribution in [2.24, 2.45) is 17.1 Å². The first-order valence-electron chi connectivity index (χ1n) is 8.45. The number of nitrogens with zero attached hydrogens (tertiary/aromatic N) is 1. The first kappa shape index (κ1) is 22.9. The maximum atomic E-state index is 12.4. The Kier molecular flexibility index (Phi) is 11.4. The van der Waals surface area contributed by atoms with Crippen LogP contribution in [0.15, 0.2) is 0 Å². The predicted molar refractivity (Wildman–Crippen MR) is 98.5 cm³/mol. The number of hydrogen-bond acceptors (Lipinski definition) is 4. The van der Waals surface area contributed by atoms with Crippen molar-refractivity contribution >= 4 is 30.7 Å². The normalized spacial score (nSPS) is 21.8. The van der Waals surface area contributed by atoms with Crippen LogP contribution in [0, 0.1) is 11.3 Å². The van der Waals surface area contributed by atoms with Gasteiger partial charge < -0.3 is 20.7 Å². The second kappa shape index (κ2) is 11.5. The van der Waals surface area contributed by atoms with Gasteiger partial charge in [0.1, 0.15) is 0 Å². The van der Waals surface area contributed by atoms with Crippen molar-refractivity contribution in [1.82, 2.24) is 10.2 Å². The number of amides is 1. The van der Waals surface area contributed by atoms with Crippen LogP contribution in [0.25, 0.3) is 0 Å². The van der Waals surface area contributed by atoms with Crippen molar-refractivity contribution in [1.29, 1.82) is 0 Å². The van der Waals surface area contributed by atoms with E-state index < -0.39 is 5.41 Å². The van der Waals surface area contributed by atoms with Crippen LogP contribution in [-0.4, -0.2) is 56.7 Å². The summed E-state index contributed by atoms with van der Waals surface area (Å²) < 4.78 is 5.35. The van der Waals surface area contributed by atoms with Gasteiger partial charge in [-0.25, -0.2) is 0 Å². The number of hydrogen-bond donors (Lipinski definition) is 2. The number of ether oxygens (including phenoxy) is 1. The molecule has 138 valence electrons. The zero-order valence-electron chi connectivity index (χ0n) is 14.2. The van der Waals surface area contributed by atoms with Crippen LogP contribution in [0.2, 0.25) is 0 Å². The molecule has 0 aromatic rings. The lowest BCUT2D eigenvalue weighted by atomic mass is 9.79. The molecule has 23 heavy (non-hydrogen) atoms. The molecule has 3 N–H and O–H groups in total. The van der Waals surface area contributed by atoms with Crippen molar-refractivity contribution < 1.29 is 9.53 Å². The molecule has 0 bridgehead atoms. The lowest BCUT2D eigenvalue weighted by molar-refractivity contribution is -0.135. The molecule has 0 aromatic carbocycles. The van der Waals surface area contributed by atoms with Crippen molar-refractivity contribution in [3.8, 4) is 0 Å². The van der Waals surface area contributed by atoms with E-state index in [0.717, 1.165) is 38.3 Å². The van der Waals surface area contributed by atoms with Gasteiger partial charge in [-0.2, -0.15) is 0 Å². The van der Waals surface area contributed by atoms with Gasteiger partial charge in [0.15, 0.2) is 0 Å². The minimum absolute atomic E-state index is 0. The number of rotatable bonds is 6. The van der Waals surface area contributed by atoms with Crippen LogP contribution >= 0.6 is 24.8 Å². The highest BCUT2D eigenvalue weighted by Crippen LogP contribution is 2.29. The van der Waals surface area contributed by atoms with Crippen LogP contribution in [0.3, 0.4) is 0 Å². The van der Waals surface area contributed by atoms with Gasteiger partial charge in [-0.1, -0.05) is 6.92 Å². The highest BCUT2D eigenvalue weighted by Gasteiger charge is 2.38. The molecule has 2 aliphatic rings. The number of carbonyl (C=O) groups excluding carboxylic acids is 1. The zero-order chi connectivity index (χ0) is 15.1. The lowest BCUT2D eigenvalue weighted by Crippen LogP contribution is -2.49. The summed E-state index contributed by atoms with van der Waals surface area (Å²) in [7, 11) is 0. The average molecular weight is 370 g/mol. The molecule has 0 saturated carbocycles. The number of likely N-dealkylation sites (tertiary alicyclic amines) is 1. The fraction of sp³-hybridized carbons (Fsp3) is 0.938. The summed E-state index contributed by atoms with van der Waals surface area (Å²) in [6.07, 6.45) is 5.14. The van der Waals surface area contributed by atoms with E-state index in [-0.39, 0.29) is 30.7 Å². The first-order chi connectivity index (χ1) is 10.2. The Morgan fingerprint density at radius 2 is 1.87 bits per heavy atom.